The Balaban J connectivity index is 1.86. The molecule has 2 N–H and O–H groups in total. The van der Waals surface area contributed by atoms with Gasteiger partial charge in [0.2, 0.25) is 5.91 Å². The monoisotopic (exact) mass is 490 g/mol. The summed E-state index contributed by atoms with van der Waals surface area (Å²) in [5.41, 5.74) is 2.32. The van der Waals surface area contributed by atoms with Gasteiger partial charge in [0.15, 0.2) is 5.69 Å². The largest absolute Gasteiger partial charge is 0.489 e. The van der Waals surface area contributed by atoms with Crippen molar-refractivity contribution in [2.45, 2.75) is 39.3 Å². The molecule has 0 unspecified atom stereocenters. The molecular weight excluding hydrogens is 463 g/mol. The molecule has 0 bridgehead atoms. The lowest BCUT2D eigenvalue weighted by atomic mass is 10.0. The van der Waals surface area contributed by atoms with Gasteiger partial charge in [0.25, 0.3) is 5.91 Å². The van der Waals surface area contributed by atoms with Gasteiger partial charge in [0, 0.05) is 19.0 Å². The predicted octanol–water partition coefficient (Wildman–Crippen LogP) is 4.54. The number of alkyl halides is 1. The van der Waals surface area contributed by atoms with Gasteiger partial charge in [0.05, 0.1) is 22.2 Å². The Kier molecular flexibility index (Phi) is 7.55. The van der Waals surface area contributed by atoms with Gasteiger partial charge < -0.3 is 15.4 Å². The third kappa shape index (κ3) is 5.97. The van der Waals surface area contributed by atoms with Crippen LogP contribution in [0.2, 0.25) is 5.02 Å². The quantitative estimate of drug-likeness (QED) is 0.453. The van der Waals surface area contributed by atoms with Crippen molar-refractivity contribution in [1.29, 1.82) is 0 Å². The second-order valence-electron chi connectivity index (χ2n) is 8.76. The molecule has 7 nitrogen and oxygen atoms in total. The van der Waals surface area contributed by atoms with Gasteiger partial charge in [-0.3, -0.25) is 14.3 Å². The Morgan fingerprint density at radius 2 is 1.82 bits per heavy atom. The summed E-state index contributed by atoms with van der Waals surface area (Å²) in [7, 11) is 1.79. The molecule has 0 saturated heterocycles. The summed E-state index contributed by atoms with van der Waals surface area (Å²) < 4.78 is 7.39. The Bertz CT molecular complexity index is 1190. The average molecular weight is 491 g/mol. The lowest BCUT2D eigenvalue weighted by Gasteiger charge is -2.26. The molecule has 0 saturated carbocycles. The maximum absolute atomic E-state index is 13.0. The number of rotatable bonds is 8. The summed E-state index contributed by atoms with van der Waals surface area (Å²) in [4.78, 5) is 24.4. The third-order valence-corrected chi connectivity index (χ3v) is 5.53. The highest BCUT2D eigenvalue weighted by molar-refractivity contribution is 6.32. The number of nitrogens with zero attached hydrogens (tertiary/aromatic N) is 2. The standard InChI is InChI=1S/C24H28Cl2N4O3/c1-14(2)33-20-9-7-15(10-18(20)26)16-6-8-17-19(11-16)30(5)29-22(17)23(32)28-24(3,4)13-27-21(31)12-25/h6-11,14H,12-13H2,1-5H3,(H,27,31)(H,28,32). The van der Waals surface area contributed by atoms with Crippen molar-refractivity contribution in [2.24, 2.45) is 7.05 Å². The SMILES string of the molecule is CC(C)Oc1ccc(-c2ccc3c(C(=O)NC(C)(C)CNC(=O)CCl)nn(C)c3c2)cc1Cl. The number of carbonyl (C=O) groups is 2. The number of carbonyl (C=O) groups excluding carboxylic acids is 2. The topological polar surface area (TPSA) is 85.2 Å². The first-order valence-corrected chi connectivity index (χ1v) is 11.5. The molecule has 0 spiro atoms. The number of nitrogens with one attached hydrogen (secondary N) is 2. The van der Waals surface area contributed by atoms with E-state index in [2.05, 4.69) is 15.7 Å². The van der Waals surface area contributed by atoms with E-state index < -0.39 is 5.54 Å². The van der Waals surface area contributed by atoms with Crippen LogP contribution < -0.4 is 15.4 Å². The maximum Gasteiger partial charge on any atom is 0.272 e. The average Bonchev–Trinajstić information content (AvgIpc) is 3.09. The molecule has 0 atom stereocenters. The van der Waals surface area contributed by atoms with Gasteiger partial charge in [-0.25, -0.2) is 0 Å². The second-order valence-corrected chi connectivity index (χ2v) is 9.44. The van der Waals surface area contributed by atoms with Gasteiger partial charge in [0.1, 0.15) is 11.6 Å². The molecule has 2 aromatic carbocycles. The minimum atomic E-state index is -0.681. The van der Waals surface area contributed by atoms with Crippen molar-refractivity contribution in [3.63, 3.8) is 0 Å². The van der Waals surface area contributed by atoms with E-state index in [4.69, 9.17) is 27.9 Å². The maximum atomic E-state index is 13.0. The molecule has 0 fully saturated rings. The predicted molar refractivity (Wildman–Crippen MR) is 132 cm³/mol. The number of aromatic nitrogens is 2. The van der Waals surface area contributed by atoms with E-state index in [9.17, 15) is 9.59 Å². The minimum absolute atomic E-state index is 0.0327. The van der Waals surface area contributed by atoms with Gasteiger partial charge in [-0.05, 0) is 63.1 Å². The van der Waals surface area contributed by atoms with Crippen molar-refractivity contribution in [1.82, 2.24) is 20.4 Å². The molecule has 3 aromatic rings. The smallest absolute Gasteiger partial charge is 0.272 e. The fourth-order valence-electron chi connectivity index (χ4n) is 3.41. The number of ether oxygens (including phenoxy) is 1. The first-order valence-electron chi connectivity index (χ1n) is 10.6. The van der Waals surface area contributed by atoms with E-state index in [-0.39, 0.29) is 30.3 Å². The third-order valence-electron chi connectivity index (χ3n) is 5.00. The van der Waals surface area contributed by atoms with Crippen LogP contribution in [-0.4, -0.2) is 45.7 Å². The lowest BCUT2D eigenvalue weighted by Crippen LogP contribution is -2.51. The van der Waals surface area contributed by atoms with Gasteiger partial charge in [-0.15, -0.1) is 11.6 Å². The van der Waals surface area contributed by atoms with Crippen LogP contribution >= 0.6 is 23.2 Å². The van der Waals surface area contributed by atoms with E-state index in [1.807, 2.05) is 64.1 Å². The van der Waals surface area contributed by atoms with Crippen molar-refractivity contribution in [3.8, 4) is 16.9 Å². The lowest BCUT2D eigenvalue weighted by molar-refractivity contribution is -0.118. The fraction of sp³-hybridized carbons (Fsp3) is 0.375. The highest BCUT2D eigenvalue weighted by Crippen LogP contribution is 2.33. The number of hydrogen-bond donors (Lipinski definition) is 2. The molecular formula is C24H28Cl2N4O3. The van der Waals surface area contributed by atoms with Crippen molar-refractivity contribution >= 4 is 45.9 Å². The molecule has 176 valence electrons. The van der Waals surface area contributed by atoms with Crippen LogP contribution in [0.5, 0.6) is 5.75 Å². The zero-order valence-electron chi connectivity index (χ0n) is 19.3. The molecule has 33 heavy (non-hydrogen) atoms. The molecule has 2 amide bonds. The van der Waals surface area contributed by atoms with E-state index in [1.165, 1.54) is 0 Å². The molecule has 3 rings (SSSR count). The molecule has 0 aliphatic carbocycles. The van der Waals surface area contributed by atoms with E-state index in [0.29, 0.717) is 16.5 Å². The summed E-state index contributed by atoms with van der Waals surface area (Å²) in [5, 5.41) is 11.3. The van der Waals surface area contributed by atoms with Gasteiger partial charge in [-0.2, -0.15) is 5.10 Å². The van der Waals surface area contributed by atoms with Gasteiger partial charge in [-0.1, -0.05) is 23.7 Å². The van der Waals surface area contributed by atoms with Crippen LogP contribution in [0.25, 0.3) is 22.0 Å². The number of amides is 2. The Hall–Kier alpha value is -2.77. The number of aryl methyl sites for hydroxylation is 1. The van der Waals surface area contributed by atoms with Crippen LogP contribution in [-0.2, 0) is 11.8 Å². The summed E-state index contributed by atoms with van der Waals surface area (Å²) in [5.74, 6) is -0.105. The van der Waals surface area contributed by atoms with Crippen LogP contribution in [0.15, 0.2) is 36.4 Å². The van der Waals surface area contributed by atoms with E-state index in [1.54, 1.807) is 11.7 Å². The van der Waals surface area contributed by atoms with Gasteiger partial charge >= 0.3 is 0 Å². The van der Waals surface area contributed by atoms with Crippen molar-refractivity contribution in [2.75, 3.05) is 12.4 Å². The Morgan fingerprint density at radius 1 is 1.15 bits per heavy atom. The number of fused-ring (bicyclic) bond motifs is 1. The van der Waals surface area contributed by atoms with Crippen LogP contribution in [0, 0.1) is 0 Å². The highest BCUT2D eigenvalue weighted by Gasteiger charge is 2.25. The summed E-state index contributed by atoms with van der Waals surface area (Å²) in [6, 6.07) is 11.5. The molecule has 0 radical (unpaired) electrons. The second kappa shape index (κ2) is 10.0. The molecule has 1 aromatic heterocycles. The Morgan fingerprint density at radius 3 is 2.45 bits per heavy atom. The first-order chi connectivity index (χ1) is 15.5. The number of benzene rings is 2. The molecule has 1 heterocycles. The molecule has 0 aliphatic heterocycles. The summed E-state index contributed by atoms with van der Waals surface area (Å²) >= 11 is 11.9. The minimum Gasteiger partial charge on any atom is -0.489 e. The summed E-state index contributed by atoms with van der Waals surface area (Å²) in [6.07, 6.45) is 0.0327. The van der Waals surface area contributed by atoms with Crippen LogP contribution in [0.3, 0.4) is 0 Å². The Labute approximate surface area is 203 Å². The van der Waals surface area contributed by atoms with Crippen molar-refractivity contribution in [3.05, 3.63) is 47.1 Å². The van der Waals surface area contributed by atoms with Crippen LogP contribution in [0.1, 0.15) is 38.2 Å². The zero-order chi connectivity index (χ0) is 24.3. The molecule has 9 heteroatoms. The normalized spacial score (nSPS) is 11.6. The zero-order valence-corrected chi connectivity index (χ0v) is 20.8. The highest BCUT2D eigenvalue weighted by atomic mass is 35.5. The molecule has 0 aliphatic rings. The van der Waals surface area contributed by atoms with E-state index >= 15 is 0 Å². The summed E-state index contributed by atoms with van der Waals surface area (Å²) in [6.45, 7) is 7.78. The fourth-order valence-corrected chi connectivity index (χ4v) is 3.73. The first kappa shape index (κ1) is 24.9. The van der Waals surface area contributed by atoms with E-state index in [0.717, 1.165) is 22.0 Å². The van der Waals surface area contributed by atoms with Crippen molar-refractivity contribution < 1.29 is 14.3 Å². The van der Waals surface area contributed by atoms with Crippen LogP contribution in [0.4, 0.5) is 0 Å². The number of halogens is 2. The number of hydrogen-bond acceptors (Lipinski definition) is 4.